The normalized spacial score (nSPS) is 10.7. The van der Waals surface area contributed by atoms with Crippen LogP contribution in [0, 0.1) is 6.92 Å². The maximum Gasteiger partial charge on any atom is 0.138 e. The molecule has 0 amide bonds. The van der Waals surface area contributed by atoms with Crippen LogP contribution in [0.1, 0.15) is 18.3 Å². The van der Waals surface area contributed by atoms with Gasteiger partial charge in [-0.2, -0.15) is 5.10 Å². The van der Waals surface area contributed by atoms with Gasteiger partial charge in [0, 0.05) is 6.54 Å². The Kier molecular flexibility index (Phi) is 4.24. The molecular formula is C12H13BrClN3O. The maximum atomic E-state index is 5.72. The summed E-state index contributed by atoms with van der Waals surface area (Å²) in [7, 11) is 0. The van der Waals surface area contributed by atoms with E-state index in [4.69, 9.17) is 16.3 Å². The lowest BCUT2D eigenvalue weighted by atomic mass is 10.4. The Morgan fingerprint density at radius 1 is 1.44 bits per heavy atom. The zero-order valence-electron chi connectivity index (χ0n) is 10.2. The van der Waals surface area contributed by atoms with Crippen LogP contribution < -0.4 is 4.74 Å². The van der Waals surface area contributed by atoms with Crippen molar-refractivity contribution in [3.63, 3.8) is 0 Å². The molecule has 0 saturated carbocycles. The van der Waals surface area contributed by atoms with E-state index in [0.717, 1.165) is 22.4 Å². The third-order valence-electron chi connectivity index (χ3n) is 2.53. The number of hydrogen-bond donors (Lipinski definition) is 0. The summed E-state index contributed by atoms with van der Waals surface area (Å²) in [5.41, 5.74) is 1.98. The monoisotopic (exact) mass is 329 g/mol. The van der Waals surface area contributed by atoms with Crippen LogP contribution in [0.15, 0.2) is 22.8 Å². The van der Waals surface area contributed by atoms with Crippen molar-refractivity contribution in [3.05, 3.63) is 39.3 Å². The van der Waals surface area contributed by atoms with E-state index in [0.29, 0.717) is 17.5 Å². The number of rotatable bonds is 4. The number of halogens is 2. The molecular weight excluding hydrogens is 318 g/mol. The molecule has 0 radical (unpaired) electrons. The van der Waals surface area contributed by atoms with Gasteiger partial charge in [-0.1, -0.05) is 11.6 Å². The number of hydrogen-bond acceptors (Lipinski definition) is 3. The number of aromatic nitrogens is 3. The molecule has 0 bridgehead atoms. The average Bonchev–Trinajstić information content (AvgIpc) is 2.65. The molecule has 0 aromatic carbocycles. The second kappa shape index (κ2) is 5.71. The second-order valence-electron chi connectivity index (χ2n) is 3.77. The Labute approximate surface area is 119 Å². The summed E-state index contributed by atoms with van der Waals surface area (Å²) in [6.45, 7) is 5.26. The SMILES string of the molecule is CCn1nc(C)c(Br)c1COc1ccc(Cl)nc1. The van der Waals surface area contributed by atoms with Gasteiger partial charge < -0.3 is 4.74 Å². The number of aryl methyl sites for hydroxylation is 2. The van der Waals surface area contributed by atoms with Gasteiger partial charge in [-0.3, -0.25) is 4.68 Å². The maximum absolute atomic E-state index is 5.72. The minimum absolute atomic E-state index is 0.443. The van der Waals surface area contributed by atoms with Crippen molar-refractivity contribution in [2.24, 2.45) is 0 Å². The lowest BCUT2D eigenvalue weighted by molar-refractivity contribution is 0.290. The van der Waals surface area contributed by atoms with Gasteiger partial charge >= 0.3 is 0 Å². The molecule has 0 aliphatic carbocycles. The molecule has 2 heterocycles. The van der Waals surface area contributed by atoms with E-state index in [-0.39, 0.29) is 0 Å². The highest BCUT2D eigenvalue weighted by Gasteiger charge is 2.12. The standard InChI is InChI=1S/C12H13BrClN3O/c1-3-17-10(12(13)8(2)16-17)7-18-9-4-5-11(14)15-6-9/h4-6H,3,7H2,1-2H3. The van der Waals surface area contributed by atoms with Gasteiger partial charge in [0.15, 0.2) is 0 Å². The molecule has 4 nitrogen and oxygen atoms in total. The Balaban J connectivity index is 2.12. The van der Waals surface area contributed by atoms with Crippen molar-refractivity contribution in [2.75, 3.05) is 0 Å². The van der Waals surface area contributed by atoms with Gasteiger partial charge in [-0.15, -0.1) is 0 Å². The van der Waals surface area contributed by atoms with Gasteiger partial charge in [0.05, 0.1) is 22.1 Å². The summed E-state index contributed by atoms with van der Waals surface area (Å²) >= 11 is 9.24. The van der Waals surface area contributed by atoms with Crippen LogP contribution in [-0.2, 0) is 13.2 Å². The fourth-order valence-corrected chi connectivity index (χ4v) is 2.12. The minimum Gasteiger partial charge on any atom is -0.486 e. The summed E-state index contributed by atoms with van der Waals surface area (Å²) in [5.74, 6) is 0.688. The Morgan fingerprint density at radius 2 is 2.22 bits per heavy atom. The predicted molar refractivity (Wildman–Crippen MR) is 73.9 cm³/mol. The third-order valence-corrected chi connectivity index (χ3v) is 3.78. The molecule has 6 heteroatoms. The fourth-order valence-electron chi connectivity index (χ4n) is 1.61. The highest BCUT2D eigenvalue weighted by Crippen LogP contribution is 2.23. The van der Waals surface area contributed by atoms with Crippen LogP contribution in [0.4, 0.5) is 0 Å². The molecule has 0 unspecified atom stereocenters. The summed E-state index contributed by atoms with van der Waals surface area (Å²) in [6, 6.07) is 3.50. The van der Waals surface area contributed by atoms with E-state index in [1.807, 2.05) is 18.5 Å². The molecule has 0 aliphatic rings. The van der Waals surface area contributed by atoms with Crippen molar-refractivity contribution in [1.29, 1.82) is 0 Å². The first kappa shape index (κ1) is 13.4. The quantitative estimate of drug-likeness (QED) is 0.804. The van der Waals surface area contributed by atoms with E-state index in [9.17, 15) is 0 Å². The molecule has 0 fully saturated rings. The smallest absolute Gasteiger partial charge is 0.138 e. The van der Waals surface area contributed by atoms with Crippen molar-refractivity contribution in [2.45, 2.75) is 27.0 Å². The van der Waals surface area contributed by atoms with Gasteiger partial charge in [0.1, 0.15) is 17.5 Å². The topological polar surface area (TPSA) is 39.9 Å². The molecule has 0 spiro atoms. The van der Waals surface area contributed by atoms with Gasteiger partial charge in [0.2, 0.25) is 0 Å². The Hall–Kier alpha value is -1.07. The van der Waals surface area contributed by atoms with E-state index in [2.05, 4.69) is 26.0 Å². The molecule has 2 rings (SSSR count). The second-order valence-corrected chi connectivity index (χ2v) is 4.95. The van der Waals surface area contributed by atoms with Crippen molar-refractivity contribution in [3.8, 4) is 5.75 Å². The van der Waals surface area contributed by atoms with Gasteiger partial charge in [-0.05, 0) is 41.9 Å². The predicted octanol–water partition coefficient (Wildman–Crippen LogP) is 3.60. The van der Waals surface area contributed by atoms with Crippen molar-refractivity contribution >= 4 is 27.5 Å². The number of nitrogens with zero attached hydrogens (tertiary/aromatic N) is 3. The van der Waals surface area contributed by atoms with Crippen LogP contribution >= 0.6 is 27.5 Å². The molecule has 2 aromatic rings. The van der Waals surface area contributed by atoms with Crippen LogP contribution in [-0.4, -0.2) is 14.8 Å². The van der Waals surface area contributed by atoms with E-state index >= 15 is 0 Å². The first-order valence-electron chi connectivity index (χ1n) is 5.58. The summed E-state index contributed by atoms with van der Waals surface area (Å²) in [5, 5.41) is 4.86. The molecule has 0 aliphatic heterocycles. The zero-order valence-corrected chi connectivity index (χ0v) is 12.5. The average molecular weight is 331 g/mol. The van der Waals surface area contributed by atoms with E-state index in [1.54, 1.807) is 18.3 Å². The first-order valence-corrected chi connectivity index (χ1v) is 6.75. The van der Waals surface area contributed by atoms with Gasteiger partial charge in [-0.25, -0.2) is 4.98 Å². The van der Waals surface area contributed by atoms with Crippen molar-refractivity contribution in [1.82, 2.24) is 14.8 Å². The van der Waals surface area contributed by atoms with E-state index < -0.39 is 0 Å². The molecule has 0 N–H and O–H groups in total. The lowest BCUT2D eigenvalue weighted by Crippen LogP contribution is -2.06. The third kappa shape index (κ3) is 2.84. The largest absolute Gasteiger partial charge is 0.486 e. The van der Waals surface area contributed by atoms with Crippen LogP contribution in [0.2, 0.25) is 5.15 Å². The zero-order chi connectivity index (χ0) is 13.1. The van der Waals surface area contributed by atoms with Crippen LogP contribution in [0.3, 0.4) is 0 Å². The van der Waals surface area contributed by atoms with Crippen LogP contribution in [0.25, 0.3) is 0 Å². The highest BCUT2D eigenvalue weighted by atomic mass is 79.9. The fraction of sp³-hybridized carbons (Fsp3) is 0.333. The highest BCUT2D eigenvalue weighted by molar-refractivity contribution is 9.10. The Bertz CT molecular complexity index is 539. The number of pyridine rings is 1. The van der Waals surface area contributed by atoms with E-state index in [1.165, 1.54) is 0 Å². The van der Waals surface area contributed by atoms with Crippen molar-refractivity contribution < 1.29 is 4.74 Å². The summed E-state index contributed by atoms with van der Waals surface area (Å²) in [6.07, 6.45) is 1.61. The van der Waals surface area contributed by atoms with Crippen LogP contribution in [0.5, 0.6) is 5.75 Å². The summed E-state index contributed by atoms with van der Waals surface area (Å²) in [4.78, 5) is 3.97. The minimum atomic E-state index is 0.443. The molecule has 0 atom stereocenters. The first-order chi connectivity index (χ1) is 8.61. The molecule has 96 valence electrons. The molecule has 18 heavy (non-hydrogen) atoms. The number of ether oxygens (including phenoxy) is 1. The summed E-state index contributed by atoms with van der Waals surface area (Å²) < 4.78 is 8.58. The molecule has 0 saturated heterocycles. The lowest BCUT2D eigenvalue weighted by Gasteiger charge is -2.08. The van der Waals surface area contributed by atoms with Gasteiger partial charge in [0.25, 0.3) is 0 Å². The molecule has 2 aromatic heterocycles. The Morgan fingerprint density at radius 3 is 2.83 bits per heavy atom.